The van der Waals surface area contributed by atoms with Crippen molar-refractivity contribution in [2.45, 2.75) is 70.7 Å². The zero-order valence-electron chi connectivity index (χ0n) is 22.1. The summed E-state index contributed by atoms with van der Waals surface area (Å²) >= 11 is 10.7. The van der Waals surface area contributed by atoms with Crippen LogP contribution in [0, 0.1) is 19.3 Å². The first-order valence-electron chi connectivity index (χ1n) is 12.5. The summed E-state index contributed by atoms with van der Waals surface area (Å²) in [4.78, 5) is 42.0. The Morgan fingerprint density at radius 1 is 1.18 bits per heavy atom. The minimum absolute atomic E-state index is 0.0231. The molecule has 0 spiro atoms. The van der Waals surface area contributed by atoms with Crippen LogP contribution in [0.2, 0.25) is 5.02 Å². The van der Waals surface area contributed by atoms with E-state index in [0.717, 1.165) is 24.8 Å². The number of thiol groups is 1. The summed E-state index contributed by atoms with van der Waals surface area (Å²) in [5.74, 6) is 1.75. The number of nitrogens with one attached hydrogen (secondary N) is 2. The molecule has 0 aliphatic heterocycles. The number of hydrogen-bond acceptors (Lipinski definition) is 5. The second kappa shape index (κ2) is 12.6. The molecule has 38 heavy (non-hydrogen) atoms. The highest BCUT2D eigenvalue weighted by molar-refractivity contribution is 7.80. The lowest BCUT2D eigenvalue weighted by molar-refractivity contribution is -0.145. The van der Waals surface area contributed by atoms with Gasteiger partial charge in [-0.25, -0.2) is 4.79 Å². The van der Waals surface area contributed by atoms with E-state index in [1.165, 1.54) is 0 Å². The molecular formula is C29H34ClN3O4S. The van der Waals surface area contributed by atoms with Gasteiger partial charge in [0.05, 0.1) is 10.7 Å². The summed E-state index contributed by atoms with van der Waals surface area (Å²) < 4.78 is 5.36. The first-order chi connectivity index (χ1) is 17.9. The summed E-state index contributed by atoms with van der Waals surface area (Å²) in [5, 5.41) is 5.96. The van der Waals surface area contributed by atoms with E-state index >= 15 is 0 Å². The number of alkyl carbamates (subject to hydrolysis) is 1. The summed E-state index contributed by atoms with van der Waals surface area (Å²) in [5.41, 5.74) is 1.75. The van der Waals surface area contributed by atoms with Crippen molar-refractivity contribution in [2.75, 3.05) is 11.1 Å². The highest BCUT2D eigenvalue weighted by atomic mass is 35.5. The number of nitrogens with zero attached hydrogens (tertiary/aromatic N) is 1. The van der Waals surface area contributed by atoms with E-state index in [1.807, 2.05) is 13.0 Å². The van der Waals surface area contributed by atoms with Crippen molar-refractivity contribution in [2.24, 2.45) is 0 Å². The first kappa shape index (κ1) is 29.4. The maximum absolute atomic E-state index is 14.0. The molecule has 2 N–H and O–H groups in total. The molecule has 1 fully saturated rings. The van der Waals surface area contributed by atoms with Crippen LogP contribution in [-0.2, 0) is 14.3 Å². The van der Waals surface area contributed by atoms with Crippen molar-refractivity contribution in [3.8, 4) is 12.3 Å². The van der Waals surface area contributed by atoms with Gasteiger partial charge in [-0.15, -0.1) is 6.42 Å². The van der Waals surface area contributed by atoms with Crippen molar-refractivity contribution in [3.63, 3.8) is 0 Å². The van der Waals surface area contributed by atoms with Crippen LogP contribution in [0.4, 0.5) is 10.5 Å². The van der Waals surface area contributed by atoms with Gasteiger partial charge in [-0.3, -0.25) is 9.59 Å². The van der Waals surface area contributed by atoms with Gasteiger partial charge < -0.3 is 20.3 Å². The van der Waals surface area contributed by atoms with Gasteiger partial charge in [0, 0.05) is 17.4 Å². The Balaban J connectivity index is 2.02. The van der Waals surface area contributed by atoms with E-state index in [0.29, 0.717) is 21.8 Å². The third-order valence-corrected chi connectivity index (χ3v) is 6.96. The van der Waals surface area contributed by atoms with Crippen molar-refractivity contribution in [1.82, 2.24) is 10.2 Å². The molecule has 0 heterocycles. The van der Waals surface area contributed by atoms with E-state index in [2.05, 4.69) is 29.2 Å². The molecule has 2 aromatic rings. The molecule has 2 unspecified atom stereocenters. The number of hydrogen-bond donors (Lipinski definition) is 3. The Kier molecular flexibility index (Phi) is 9.75. The molecular weight excluding hydrogens is 522 g/mol. The SMILES string of the molecule is C#Cc1ccc(C(C(=O)Nc2c(C)cccc2Cl)N(C(=O)C(CS)NC(=O)OC(C)(C)C)C2CCC2)cc1. The average molecular weight is 556 g/mol. The molecule has 2 aromatic carbocycles. The number of terminal acetylenes is 1. The lowest BCUT2D eigenvalue weighted by Crippen LogP contribution is -2.57. The van der Waals surface area contributed by atoms with Crippen molar-refractivity contribution >= 4 is 47.8 Å². The zero-order valence-corrected chi connectivity index (χ0v) is 23.7. The van der Waals surface area contributed by atoms with Crippen molar-refractivity contribution in [3.05, 3.63) is 64.2 Å². The monoisotopic (exact) mass is 555 g/mol. The summed E-state index contributed by atoms with van der Waals surface area (Å²) in [7, 11) is 0. The molecule has 9 heteroatoms. The normalized spacial score (nSPS) is 14.9. The fourth-order valence-electron chi connectivity index (χ4n) is 4.18. The number of carbonyl (C=O) groups excluding carboxylic acids is 3. The fraction of sp³-hybridized carbons (Fsp3) is 0.414. The zero-order chi connectivity index (χ0) is 28.0. The molecule has 3 rings (SSSR count). The number of benzene rings is 2. The smallest absolute Gasteiger partial charge is 0.408 e. The Labute approximate surface area is 235 Å². The maximum atomic E-state index is 14.0. The standard InChI is InChI=1S/C29H34ClN3O4S/c1-6-19-13-15-20(16-14-19)25(26(34)32-24-18(2)9-7-12-22(24)30)33(21-10-8-11-21)27(35)23(17-38)31-28(36)37-29(3,4)5/h1,7,9,12-16,21,23,25,38H,8,10-11,17H2,2-5H3,(H,31,36)(H,32,34). The van der Waals surface area contributed by atoms with Crippen LogP contribution < -0.4 is 10.6 Å². The Hall–Kier alpha value is -3.15. The molecule has 1 saturated carbocycles. The van der Waals surface area contributed by atoms with E-state index in [9.17, 15) is 14.4 Å². The van der Waals surface area contributed by atoms with Gasteiger partial charge >= 0.3 is 6.09 Å². The molecule has 0 radical (unpaired) electrons. The fourth-order valence-corrected chi connectivity index (χ4v) is 4.70. The van der Waals surface area contributed by atoms with E-state index in [1.54, 1.807) is 62.1 Å². The van der Waals surface area contributed by atoms with Crippen LogP contribution in [0.3, 0.4) is 0 Å². The van der Waals surface area contributed by atoms with Gasteiger partial charge in [-0.2, -0.15) is 12.6 Å². The minimum Gasteiger partial charge on any atom is -0.444 e. The third-order valence-electron chi connectivity index (χ3n) is 6.28. The second-order valence-corrected chi connectivity index (χ2v) is 11.1. The summed E-state index contributed by atoms with van der Waals surface area (Å²) in [6.45, 7) is 7.06. The quantitative estimate of drug-likeness (QED) is 0.296. The predicted molar refractivity (Wildman–Crippen MR) is 153 cm³/mol. The summed E-state index contributed by atoms with van der Waals surface area (Å²) in [6, 6.07) is 10.1. The number of ether oxygens (including phenoxy) is 1. The van der Waals surface area contributed by atoms with Crippen LogP contribution >= 0.6 is 24.2 Å². The molecule has 202 valence electrons. The number of halogens is 1. The third kappa shape index (κ3) is 7.24. The number of anilines is 1. The number of carbonyl (C=O) groups is 3. The van der Waals surface area contributed by atoms with E-state index in [4.69, 9.17) is 22.8 Å². The van der Waals surface area contributed by atoms with Crippen molar-refractivity contribution < 1.29 is 19.1 Å². The number of rotatable bonds is 8. The molecule has 2 atom stereocenters. The molecule has 3 amide bonds. The highest BCUT2D eigenvalue weighted by Crippen LogP contribution is 2.35. The molecule has 0 saturated heterocycles. The molecule has 0 aromatic heterocycles. The van der Waals surface area contributed by atoms with Crippen LogP contribution in [0.1, 0.15) is 62.8 Å². The van der Waals surface area contributed by atoms with Crippen LogP contribution in [-0.4, -0.2) is 46.2 Å². The van der Waals surface area contributed by atoms with Gasteiger partial charge in [0.2, 0.25) is 5.91 Å². The van der Waals surface area contributed by atoms with Gasteiger partial charge in [0.15, 0.2) is 0 Å². The largest absolute Gasteiger partial charge is 0.444 e. The van der Waals surface area contributed by atoms with Crippen molar-refractivity contribution in [1.29, 1.82) is 0 Å². The predicted octanol–water partition coefficient (Wildman–Crippen LogP) is 5.51. The Morgan fingerprint density at radius 2 is 1.84 bits per heavy atom. The number of aryl methyl sites for hydroxylation is 1. The Morgan fingerprint density at radius 3 is 2.34 bits per heavy atom. The molecule has 7 nitrogen and oxygen atoms in total. The van der Waals surface area contributed by atoms with Gasteiger partial charge in [-0.05, 0) is 76.3 Å². The molecule has 1 aliphatic carbocycles. The topological polar surface area (TPSA) is 87.7 Å². The maximum Gasteiger partial charge on any atom is 0.408 e. The van der Waals surface area contributed by atoms with Crippen LogP contribution in [0.15, 0.2) is 42.5 Å². The average Bonchev–Trinajstić information content (AvgIpc) is 2.82. The van der Waals surface area contributed by atoms with Gasteiger partial charge in [-0.1, -0.05) is 41.8 Å². The van der Waals surface area contributed by atoms with Crippen LogP contribution in [0.5, 0.6) is 0 Å². The van der Waals surface area contributed by atoms with E-state index < -0.39 is 35.6 Å². The highest BCUT2D eigenvalue weighted by Gasteiger charge is 2.42. The van der Waals surface area contributed by atoms with Gasteiger partial charge in [0.1, 0.15) is 17.7 Å². The summed E-state index contributed by atoms with van der Waals surface area (Å²) in [6.07, 6.45) is 7.19. The lowest BCUT2D eigenvalue weighted by Gasteiger charge is -2.43. The molecule has 0 bridgehead atoms. The van der Waals surface area contributed by atoms with Gasteiger partial charge in [0.25, 0.3) is 5.91 Å². The number of para-hydroxylation sites is 1. The minimum atomic E-state index is -1.00. The number of amides is 3. The van der Waals surface area contributed by atoms with Crippen LogP contribution in [0.25, 0.3) is 0 Å². The molecule has 1 aliphatic rings. The van der Waals surface area contributed by atoms with E-state index in [-0.39, 0.29) is 11.8 Å². The Bertz CT molecular complexity index is 1200. The lowest BCUT2D eigenvalue weighted by atomic mass is 9.88. The second-order valence-electron chi connectivity index (χ2n) is 10.3. The first-order valence-corrected chi connectivity index (χ1v) is 13.5.